The predicted molar refractivity (Wildman–Crippen MR) is 436 cm³/mol. The standard InChI is InChI=1S/C12H28N4Si4.C9H22BrNSi2.C9H21N3Si3.C8H28N4Si4.C6H21N3Si3.C6H17NSi2/c1-9-17(5)13-18(6,10-2)15-20(8,12-4)16-19(7,11-3)14-17;1-12(2)8-9-13(3,4)11(12)7-5-6-10;1-7-13(4)10-14(5,8-2)12-15(6,9-3)11-13;1-13(2)9-14(3,4)11-16(7,8)12-15(5,6)10-13;1-10(2)7-11(3,4)9-12(5,6)8-10;1-8(2)5-6-9(3,4)7-8/h9-16H,1-4H2,5-8H3;5-9H2,1-4H3;7-12H,1-3H2,4-6H3;9-12H,1-8H3;7-9H,1-6H3;7H,5-6H2,1-4H3. The van der Waals surface area contributed by atoms with Gasteiger partial charge in [-0.3, -0.25) is 0 Å². The molecule has 15 N–H and O–H groups in total. The van der Waals surface area contributed by atoms with Crippen molar-refractivity contribution in [2.45, 2.75) is 220 Å². The van der Waals surface area contributed by atoms with E-state index in [9.17, 15) is 0 Å². The van der Waals surface area contributed by atoms with Crippen LogP contribution in [-0.2, 0) is 0 Å². The van der Waals surface area contributed by atoms with Gasteiger partial charge < -0.3 is 74.0 Å². The molecule has 6 fully saturated rings. The summed E-state index contributed by atoms with van der Waals surface area (Å²) in [4.78, 5) is 0. The Kier molecular flexibility index (Phi) is 30.7. The van der Waals surface area contributed by atoms with E-state index in [0.29, 0.717) is 0 Å². The van der Waals surface area contributed by atoms with Crippen LogP contribution in [0.25, 0.3) is 0 Å². The van der Waals surface area contributed by atoms with Crippen LogP contribution in [0.2, 0.25) is 214 Å². The summed E-state index contributed by atoms with van der Waals surface area (Å²) >= 11 is 3.54. The molecular weight excluding hydrogens is 1410 g/mol. The predicted octanol–water partition coefficient (Wildman–Crippen LogP) is 10.2. The molecule has 6 saturated heterocycles. The SMILES string of the molecule is C=C[Si]1(C)N[Si](C)(C=C)N[Si](C)(C=C)N1.C=C[Si]1(C)N[Si](C)(C=C)N[Si](C)(C=C)N[Si](C)(C=C)N1.C[Si]1(C)CC[Si](C)(C)N1.C[Si]1(C)CC[Si](C)(C)N1CCCBr.C[Si]1(C)N[Si](C)(C)N[Si](C)(C)N1.C[Si]1(C)N[Si](C)(C)N[Si](C)(C)N[Si](C)(C)N1. The summed E-state index contributed by atoms with van der Waals surface area (Å²) in [6, 6.07) is 6.08. The maximum absolute atomic E-state index is 4.03. The molecule has 0 saturated carbocycles. The molecule has 6 aliphatic rings. The molecule has 16 nitrogen and oxygen atoms in total. The first-order valence-corrected chi connectivity index (χ1v) is 84.2. The van der Waals surface area contributed by atoms with Gasteiger partial charge in [0, 0.05) is 5.33 Å². The Morgan fingerprint density at radius 2 is 0.435 bits per heavy atom. The van der Waals surface area contributed by atoms with E-state index in [2.05, 4.69) is 366 Å². The van der Waals surface area contributed by atoms with Gasteiger partial charge in [0.05, 0.1) is 0 Å². The van der Waals surface area contributed by atoms with Gasteiger partial charge in [-0.1, -0.05) is 108 Å². The largest absolute Gasteiger partial charge is 0.359 e. The molecule has 0 spiro atoms. The first kappa shape index (κ1) is 84.9. The Hall–Kier alpha value is 1.92. The second-order valence-corrected chi connectivity index (χ2v) is 109. The highest BCUT2D eigenvalue weighted by atomic mass is 79.9. The Labute approximate surface area is 553 Å². The highest BCUT2D eigenvalue weighted by molar-refractivity contribution is 9.09. The molecule has 0 aromatic heterocycles. The summed E-state index contributed by atoms with van der Waals surface area (Å²) in [7, 11) is -26.6. The van der Waals surface area contributed by atoms with Crippen LogP contribution in [0.3, 0.4) is 0 Å². The van der Waals surface area contributed by atoms with Crippen molar-refractivity contribution in [2.24, 2.45) is 0 Å². The van der Waals surface area contributed by atoms with Crippen molar-refractivity contribution in [3.63, 3.8) is 0 Å². The van der Waals surface area contributed by atoms with Crippen LogP contribution in [0.5, 0.6) is 0 Å². The van der Waals surface area contributed by atoms with E-state index in [1.807, 2.05) is 0 Å². The van der Waals surface area contributed by atoms with E-state index in [4.69, 9.17) is 0 Å². The van der Waals surface area contributed by atoms with Gasteiger partial charge in [-0.2, -0.15) is 0 Å². The van der Waals surface area contributed by atoms with E-state index in [0.717, 1.165) is 0 Å². The van der Waals surface area contributed by atoms with E-state index >= 15 is 0 Å². The van der Waals surface area contributed by atoms with Gasteiger partial charge in [-0.25, -0.2) is 0 Å². The minimum absolute atomic E-state index is 0.864. The topological polar surface area (TPSA) is 184 Å². The van der Waals surface area contributed by atoms with Crippen molar-refractivity contribution in [1.29, 1.82) is 0 Å². The number of nitrogens with one attached hydrogen (secondary N) is 15. The highest BCUT2D eigenvalue weighted by Gasteiger charge is 2.52. The van der Waals surface area contributed by atoms with E-state index in [1.54, 1.807) is 0 Å². The smallest absolute Gasteiger partial charge is 0.212 e. The number of halogens is 1. The maximum Gasteiger partial charge on any atom is 0.212 e. The third-order valence-electron chi connectivity index (χ3n) is 16.2. The number of hydrogen-bond acceptors (Lipinski definition) is 16. The number of nitrogens with zero attached hydrogens (tertiary/aromatic N) is 1. The van der Waals surface area contributed by atoms with Gasteiger partial charge in [-0.05, 0) is 175 Å². The molecule has 0 amide bonds. The van der Waals surface area contributed by atoms with Crippen LogP contribution in [0.4, 0.5) is 0 Å². The summed E-state index contributed by atoms with van der Waals surface area (Å²) in [5, 5.41) is 1.17. The van der Waals surface area contributed by atoms with Crippen LogP contribution in [-0.4, -0.2) is 167 Å². The molecule has 0 aliphatic carbocycles. The molecule has 6 rings (SSSR count). The normalized spacial score (nSPS) is 36.5. The zero-order valence-electron chi connectivity index (χ0n) is 60.3. The minimum atomic E-state index is -1.97. The van der Waals surface area contributed by atoms with Gasteiger partial charge in [0.2, 0.25) is 58.8 Å². The van der Waals surface area contributed by atoms with Crippen LogP contribution >= 0.6 is 15.9 Å². The van der Waals surface area contributed by atoms with E-state index in [-0.39, 0.29) is 0 Å². The molecule has 0 atom stereocenters. The molecule has 85 heavy (non-hydrogen) atoms. The fourth-order valence-corrected chi connectivity index (χ4v) is 133. The van der Waals surface area contributed by atoms with Crippen molar-refractivity contribution in [1.82, 2.24) is 74.0 Å². The van der Waals surface area contributed by atoms with Crippen LogP contribution in [0.15, 0.2) is 85.9 Å². The lowest BCUT2D eigenvalue weighted by molar-refractivity contribution is 0.616. The zero-order valence-corrected chi connectivity index (χ0v) is 79.9. The maximum atomic E-state index is 4.03. The molecule has 0 bridgehead atoms. The van der Waals surface area contributed by atoms with Gasteiger partial charge >= 0.3 is 0 Å². The van der Waals surface area contributed by atoms with Crippen LogP contribution in [0.1, 0.15) is 6.42 Å². The van der Waals surface area contributed by atoms with Crippen molar-refractivity contribution >= 4 is 166 Å². The van der Waals surface area contributed by atoms with Gasteiger partial charge in [-0.15, -0.1) is 46.1 Å². The van der Waals surface area contributed by atoms with Gasteiger partial charge in [0.1, 0.15) is 32.9 Å². The number of hydrogen-bond donors (Lipinski definition) is 15. The quantitative estimate of drug-likeness (QED) is 0.0732. The molecule has 0 unspecified atom stereocenters. The Balaban J connectivity index is 0.000000517. The third-order valence-corrected chi connectivity index (χ3v) is 106. The average molecular weight is 1550 g/mol. The fraction of sp³-hybridized carbons (Fsp3) is 0.720. The van der Waals surface area contributed by atoms with Crippen molar-refractivity contribution < 1.29 is 0 Å². The number of alkyl halides is 1. The molecule has 0 aromatic rings. The summed E-state index contributed by atoms with van der Waals surface area (Å²) in [6.45, 7) is 98.1. The Morgan fingerprint density at radius 3 is 0.553 bits per heavy atom. The van der Waals surface area contributed by atoms with Crippen molar-refractivity contribution in [3.05, 3.63) is 85.9 Å². The van der Waals surface area contributed by atoms with E-state index in [1.165, 1.54) is 42.5 Å². The number of rotatable bonds is 10. The van der Waals surface area contributed by atoms with Crippen LogP contribution < -0.4 is 69.7 Å². The summed E-state index contributed by atoms with van der Waals surface area (Å²) in [5.41, 5.74) is 14.4. The summed E-state index contributed by atoms with van der Waals surface area (Å²) < 4.78 is 60.3. The molecule has 496 valence electrons. The van der Waals surface area contributed by atoms with Crippen molar-refractivity contribution in [3.8, 4) is 0 Å². The summed E-state index contributed by atoms with van der Waals surface area (Å²) in [6.07, 6.45) is 1.33. The lowest BCUT2D eigenvalue weighted by Gasteiger charge is -2.49. The molecule has 0 radical (unpaired) electrons. The Morgan fingerprint density at radius 1 is 0.271 bits per heavy atom. The van der Waals surface area contributed by atoms with E-state index < -0.39 is 151 Å². The average Bonchev–Trinajstić information content (AvgIpc) is 3.65. The van der Waals surface area contributed by atoms with Crippen molar-refractivity contribution in [2.75, 3.05) is 11.9 Å². The second-order valence-electron chi connectivity index (χ2n) is 32.7. The lowest BCUT2D eigenvalue weighted by Crippen LogP contribution is -2.89. The van der Waals surface area contributed by atoms with Gasteiger partial charge in [0.15, 0.2) is 58.8 Å². The van der Waals surface area contributed by atoms with Crippen LogP contribution in [0, 0.1) is 0 Å². The second kappa shape index (κ2) is 30.8. The first-order chi connectivity index (χ1) is 37.6. The monoisotopic (exact) mass is 1540 g/mol. The third kappa shape index (κ3) is 29.6. The molecule has 0 aromatic carbocycles. The van der Waals surface area contributed by atoms with Gasteiger partial charge in [0.25, 0.3) is 0 Å². The first-order valence-electron chi connectivity index (χ1n) is 31.3. The fourth-order valence-electron chi connectivity index (χ4n) is 14.6. The highest BCUT2D eigenvalue weighted by Crippen LogP contribution is 2.37. The Bertz CT molecular complexity index is 2000. The molecule has 6 aliphatic heterocycles. The zero-order chi connectivity index (χ0) is 67.1. The molecular formula is C50H137BrN16Si18. The molecule has 6 heterocycles. The summed E-state index contributed by atoms with van der Waals surface area (Å²) in [5.74, 6) is 0. The molecule has 35 heteroatoms. The minimum Gasteiger partial charge on any atom is -0.359 e. The lowest BCUT2D eigenvalue weighted by atomic mass is 10.5.